The molecule has 0 heterocycles. The Morgan fingerprint density at radius 2 is 1.48 bits per heavy atom. The van der Waals surface area contributed by atoms with E-state index in [9.17, 15) is 8.78 Å². The van der Waals surface area contributed by atoms with Crippen LogP contribution >= 0.6 is 0 Å². The lowest BCUT2D eigenvalue weighted by Crippen LogP contribution is -2.13. The van der Waals surface area contributed by atoms with Crippen LogP contribution in [0.5, 0.6) is 5.75 Å². The standard InChI is InChI=1S/C22H34F2O/c1-2-3-4-5-6-7-8-9-18-10-12-19(13-11-18)20-14-16-21(17-15-20)25-22(23)24/h14-19,22H,2-13H2,1H3. The van der Waals surface area contributed by atoms with Gasteiger partial charge in [-0.1, -0.05) is 70.4 Å². The molecule has 0 radical (unpaired) electrons. The Morgan fingerprint density at radius 3 is 2.08 bits per heavy atom. The molecule has 1 aliphatic rings. The van der Waals surface area contributed by atoms with Gasteiger partial charge in [0.1, 0.15) is 5.75 Å². The number of halogens is 2. The number of hydrogen-bond donors (Lipinski definition) is 0. The zero-order chi connectivity index (χ0) is 17.9. The summed E-state index contributed by atoms with van der Waals surface area (Å²) in [6, 6.07) is 7.26. The lowest BCUT2D eigenvalue weighted by atomic mass is 9.77. The monoisotopic (exact) mass is 352 g/mol. The Labute approximate surface area is 152 Å². The smallest absolute Gasteiger partial charge is 0.387 e. The van der Waals surface area contributed by atoms with E-state index < -0.39 is 6.61 Å². The Balaban J connectivity index is 1.61. The number of benzene rings is 1. The molecule has 142 valence electrons. The largest absolute Gasteiger partial charge is 0.435 e. The highest BCUT2D eigenvalue weighted by molar-refractivity contribution is 5.29. The van der Waals surface area contributed by atoms with Gasteiger partial charge in [-0.25, -0.2) is 0 Å². The highest BCUT2D eigenvalue weighted by Crippen LogP contribution is 2.38. The van der Waals surface area contributed by atoms with Crippen LogP contribution in [0.15, 0.2) is 24.3 Å². The summed E-state index contributed by atoms with van der Waals surface area (Å²) < 4.78 is 28.8. The summed E-state index contributed by atoms with van der Waals surface area (Å²) in [5.41, 5.74) is 1.27. The Hall–Kier alpha value is -1.12. The maximum atomic E-state index is 12.2. The van der Waals surface area contributed by atoms with E-state index in [4.69, 9.17) is 0 Å². The Morgan fingerprint density at radius 1 is 0.880 bits per heavy atom. The molecule has 0 aliphatic heterocycles. The van der Waals surface area contributed by atoms with E-state index in [2.05, 4.69) is 11.7 Å². The zero-order valence-electron chi connectivity index (χ0n) is 15.7. The highest BCUT2D eigenvalue weighted by atomic mass is 19.3. The molecule has 0 aromatic heterocycles. The molecule has 0 N–H and O–H groups in total. The van der Waals surface area contributed by atoms with Gasteiger partial charge >= 0.3 is 6.61 Å². The third kappa shape index (κ3) is 7.75. The molecule has 0 spiro atoms. The van der Waals surface area contributed by atoms with E-state index >= 15 is 0 Å². The summed E-state index contributed by atoms with van der Waals surface area (Å²) in [5, 5.41) is 0. The zero-order valence-corrected chi connectivity index (χ0v) is 15.7. The average Bonchev–Trinajstić information content (AvgIpc) is 2.62. The van der Waals surface area contributed by atoms with Crippen molar-refractivity contribution in [3.63, 3.8) is 0 Å². The van der Waals surface area contributed by atoms with E-state index in [0.29, 0.717) is 5.92 Å². The summed E-state index contributed by atoms with van der Waals surface area (Å²) >= 11 is 0. The second kappa shape index (κ2) is 11.5. The van der Waals surface area contributed by atoms with Crippen molar-refractivity contribution in [3.05, 3.63) is 29.8 Å². The van der Waals surface area contributed by atoms with Gasteiger partial charge in [-0.2, -0.15) is 8.78 Å². The molecule has 0 amide bonds. The summed E-state index contributed by atoms with van der Waals surface area (Å²) in [5.74, 6) is 1.74. The first-order valence-electron chi connectivity index (χ1n) is 10.2. The fraction of sp³-hybridized carbons (Fsp3) is 0.727. The lowest BCUT2D eigenvalue weighted by molar-refractivity contribution is -0.0498. The van der Waals surface area contributed by atoms with Crippen molar-refractivity contribution in [1.82, 2.24) is 0 Å². The second-order valence-corrected chi connectivity index (χ2v) is 7.58. The minimum Gasteiger partial charge on any atom is -0.435 e. The Kier molecular flexibility index (Phi) is 9.28. The molecule has 1 aliphatic carbocycles. The van der Waals surface area contributed by atoms with Crippen LogP contribution in [0.25, 0.3) is 0 Å². The number of ether oxygens (including phenoxy) is 1. The number of hydrogen-bond acceptors (Lipinski definition) is 1. The lowest BCUT2D eigenvalue weighted by Gasteiger charge is -2.29. The average molecular weight is 353 g/mol. The van der Waals surface area contributed by atoms with Gasteiger partial charge < -0.3 is 4.74 Å². The van der Waals surface area contributed by atoms with E-state index in [1.807, 2.05) is 12.1 Å². The molecule has 0 saturated heterocycles. The molecule has 25 heavy (non-hydrogen) atoms. The molecule has 0 atom stereocenters. The van der Waals surface area contributed by atoms with Crippen molar-refractivity contribution < 1.29 is 13.5 Å². The van der Waals surface area contributed by atoms with Crippen LogP contribution < -0.4 is 4.74 Å². The Bertz CT molecular complexity index is 450. The van der Waals surface area contributed by atoms with Gasteiger partial charge in [-0.15, -0.1) is 0 Å². The van der Waals surface area contributed by atoms with Crippen LogP contribution in [0.3, 0.4) is 0 Å². The van der Waals surface area contributed by atoms with Gasteiger partial charge in [-0.05, 0) is 55.2 Å². The summed E-state index contributed by atoms with van der Waals surface area (Å²) in [4.78, 5) is 0. The molecular weight excluding hydrogens is 318 g/mol. The fourth-order valence-corrected chi connectivity index (χ4v) is 4.10. The maximum Gasteiger partial charge on any atom is 0.387 e. The molecule has 1 saturated carbocycles. The van der Waals surface area contributed by atoms with Crippen molar-refractivity contribution in [2.45, 2.75) is 96.5 Å². The van der Waals surface area contributed by atoms with Gasteiger partial charge in [0.05, 0.1) is 0 Å². The molecule has 0 bridgehead atoms. The van der Waals surface area contributed by atoms with Gasteiger partial charge in [-0.3, -0.25) is 0 Å². The first-order valence-corrected chi connectivity index (χ1v) is 10.2. The van der Waals surface area contributed by atoms with E-state index in [1.54, 1.807) is 12.1 Å². The number of alkyl halides is 2. The van der Waals surface area contributed by atoms with E-state index in [0.717, 1.165) is 5.92 Å². The van der Waals surface area contributed by atoms with Gasteiger partial charge in [0.15, 0.2) is 0 Å². The first kappa shape index (κ1) is 20.2. The molecule has 0 unspecified atom stereocenters. The molecule has 2 rings (SSSR count). The van der Waals surface area contributed by atoms with Crippen LogP contribution in [-0.4, -0.2) is 6.61 Å². The van der Waals surface area contributed by atoms with Gasteiger partial charge in [0.25, 0.3) is 0 Å². The van der Waals surface area contributed by atoms with Crippen molar-refractivity contribution >= 4 is 0 Å². The quantitative estimate of drug-likeness (QED) is 0.371. The minimum atomic E-state index is -2.74. The summed E-state index contributed by atoms with van der Waals surface area (Å²) in [7, 11) is 0. The molecule has 1 aromatic rings. The highest BCUT2D eigenvalue weighted by Gasteiger charge is 2.22. The molecular formula is C22H34F2O. The molecule has 1 aromatic carbocycles. The van der Waals surface area contributed by atoms with E-state index in [1.165, 1.54) is 82.6 Å². The maximum absolute atomic E-state index is 12.2. The number of rotatable bonds is 11. The van der Waals surface area contributed by atoms with Crippen LogP contribution in [0, 0.1) is 5.92 Å². The van der Waals surface area contributed by atoms with Crippen LogP contribution in [0.2, 0.25) is 0 Å². The second-order valence-electron chi connectivity index (χ2n) is 7.58. The van der Waals surface area contributed by atoms with Crippen molar-refractivity contribution in [2.24, 2.45) is 5.92 Å². The fourth-order valence-electron chi connectivity index (χ4n) is 4.10. The van der Waals surface area contributed by atoms with Gasteiger partial charge in [0.2, 0.25) is 0 Å². The topological polar surface area (TPSA) is 9.23 Å². The molecule has 1 fully saturated rings. The summed E-state index contributed by atoms with van der Waals surface area (Å²) in [6.07, 6.45) is 16.2. The normalized spacial score (nSPS) is 20.8. The van der Waals surface area contributed by atoms with Crippen LogP contribution in [0.4, 0.5) is 8.78 Å². The predicted octanol–water partition coefficient (Wildman–Crippen LogP) is 7.70. The predicted molar refractivity (Wildman–Crippen MR) is 100 cm³/mol. The third-order valence-electron chi connectivity index (χ3n) is 5.64. The van der Waals surface area contributed by atoms with Crippen molar-refractivity contribution in [2.75, 3.05) is 0 Å². The SMILES string of the molecule is CCCCCCCCCC1CCC(c2ccc(OC(F)F)cc2)CC1. The van der Waals surface area contributed by atoms with Crippen molar-refractivity contribution in [1.29, 1.82) is 0 Å². The number of unbranched alkanes of at least 4 members (excludes halogenated alkanes) is 6. The van der Waals surface area contributed by atoms with Crippen LogP contribution in [0.1, 0.15) is 95.5 Å². The van der Waals surface area contributed by atoms with E-state index in [-0.39, 0.29) is 5.75 Å². The van der Waals surface area contributed by atoms with Crippen molar-refractivity contribution in [3.8, 4) is 5.75 Å². The summed E-state index contributed by atoms with van der Waals surface area (Å²) in [6.45, 7) is -0.477. The first-order chi connectivity index (χ1) is 12.2. The molecule has 1 nitrogen and oxygen atoms in total. The van der Waals surface area contributed by atoms with Gasteiger partial charge in [0, 0.05) is 0 Å². The van der Waals surface area contributed by atoms with Crippen LogP contribution in [-0.2, 0) is 0 Å². The minimum absolute atomic E-state index is 0.256. The molecule has 3 heteroatoms. The third-order valence-corrected chi connectivity index (χ3v) is 5.64.